The Balaban J connectivity index is 1.65. The lowest BCUT2D eigenvalue weighted by atomic mass is 10.1. The highest BCUT2D eigenvalue weighted by Gasteiger charge is 2.11. The van der Waals surface area contributed by atoms with E-state index in [1.165, 1.54) is 6.07 Å². The van der Waals surface area contributed by atoms with E-state index in [0.29, 0.717) is 33.6 Å². The quantitative estimate of drug-likeness (QED) is 0.320. The lowest BCUT2D eigenvalue weighted by Gasteiger charge is -2.04. The molecular weight excluding hydrogens is 364 g/mol. The number of hydrogen-bond donors (Lipinski definition) is 3. The molecule has 5 aromatic rings. The molecule has 0 amide bonds. The minimum Gasteiger partial charge on any atom is -0.456 e. The van der Waals surface area contributed by atoms with E-state index >= 15 is 0 Å². The van der Waals surface area contributed by atoms with Crippen molar-refractivity contribution < 1.29 is 4.42 Å². The number of H-pyrrole nitrogens is 1. The van der Waals surface area contributed by atoms with Gasteiger partial charge in [0, 0.05) is 22.8 Å². The minimum atomic E-state index is -0.0904. The molecule has 0 spiro atoms. The lowest BCUT2D eigenvalue weighted by molar-refractivity contribution is 0.619. The largest absolute Gasteiger partial charge is 0.456 e. The zero-order valence-electron chi connectivity index (χ0n) is 15.3. The molecule has 6 heteroatoms. The Morgan fingerprint density at radius 2 is 1.79 bits per heavy atom. The van der Waals surface area contributed by atoms with Crippen LogP contribution in [0.5, 0.6) is 0 Å². The number of amidine groups is 1. The average Bonchev–Trinajstić information content (AvgIpc) is 3.17. The van der Waals surface area contributed by atoms with Crippen LogP contribution in [-0.2, 0) is 0 Å². The predicted octanol–water partition coefficient (Wildman–Crippen LogP) is 4.29. The summed E-state index contributed by atoms with van der Waals surface area (Å²) in [6.45, 7) is 0. The van der Waals surface area contributed by atoms with E-state index in [2.05, 4.69) is 9.97 Å². The number of hydrogen-bond acceptors (Lipinski definition) is 4. The number of nitrogens with zero attached hydrogens (tertiary/aromatic N) is 1. The minimum absolute atomic E-state index is 0.00243. The summed E-state index contributed by atoms with van der Waals surface area (Å²) < 4.78 is 6.03. The molecule has 5 rings (SSSR count). The molecule has 0 aliphatic rings. The van der Waals surface area contributed by atoms with Crippen LogP contribution in [0.25, 0.3) is 44.7 Å². The Hall–Kier alpha value is -4.19. The Morgan fingerprint density at radius 3 is 2.59 bits per heavy atom. The van der Waals surface area contributed by atoms with Gasteiger partial charge in [0.1, 0.15) is 23.0 Å². The van der Waals surface area contributed by atoms with Gasteiger partial charge in [-0.1, -0.05) is 36.4 Å². The summed E-state index contributed by atoms with van der Waals surface area (Å²) in [5, 5.41) is 8.10. The standard InChI is InChI=1S/C23H16N4O2/c24-22(25)14-7-9-17-18(10-14)27-23(26-17)15-6-8-16-19(28)12-20(29-21(16)11-15)13-4-2-1-3-5-13/h1-12H,(H3,24,25)(H,26,27). The second-order valence-corrected chi connectivity index (χ2v) is 6.78. The van der Waals surface area contributed by atoms with Crippen molar-refractivity contribution in [1.29, 1.82) is 5.41 Å². The van der Waals surface area contributed by atoms with Crippen LogP contribution in [-0.4, -0.2) is 15.8 Å². The smallest absolute Gasteiger partial charge is 0.193 e. The maximum Gasteiger partial charge on any atom is 0.193 e. The molecule has 0 radical (unpaired) electrons. The van der Waals surface area contributed by atoms with Gasteiger partial charge in [0.2, 0.25) is 0 Å². The summed E-state index contributed by atoms with van der Waals surface area (Å²) in [5.41, 5.74) is 9.79. The SMILES string of the molecule is N=C(N)c1ccc2[nH]c(-c3ccc4c(=O)cc(-c5ccccc5)oc4c3)nc2c1. The molecule has 0 atom stereocenters. The van der Waals surface area contributed by atoms with Crippen molar-refractivity contribution in [3.05, 3.63) is 88.6 Å². The summed E-state index contributed by atoms with van der Waals surface area (Å²) in [7, 11) is 0. The van der Waals surface area contributed by atoms with Crippen LogP contribution in [0.4, 0.5) is 0 Å². The van der Waals surface area contributed by atoms with Crippen molar-refractivity contribution in [2.75, 3.05) is 0 Å². The number of rotatable bonds is 3. The number of nitrogens with one attached hydrogen (secondary N) is 2. The first kappa shape index (κ1) is 16.9. The molecule has 0 unspecified atom stereocenters. The van der Waals surface area contributed by atoms with Crippen LogP contribution in [0.3, 0.4) is 0 Å². The van der Waals surface area contributed by atoms with Crippen molar-refractivity contribution >= 4 is 27.8 Å². The number of nitrogens with two attached hydrogens (primary N) is 1. The van der Waals surface area contributed by atoms with Gasteiger partial charge in [-0.25, -0.2) is 4.98 Å². The van der Waals surface area contributed by atoms with E-state index in [1.54, 1.807) is 18.2 Å². The van der Waals surface area contributed by atoms with Crippen molar-refractivity contribution in [2.45, 2.75) is 0 Å². The van der Waals surface area contributed by atoms with Crippen LogP contribution < -0.4 is 11.2 Å². The summed E-state index contributed by atoms with van der Waals surface area (Å²) in [6, 6.07) is 21.8. The summed E-state index contributed by atoms with van der Waals surface area (Å²) in [4.78, 5) is 20.4. The van der Waals surface area contributed by atoms with Crippen LogP contribution in [0.1, 0.15) is 5.56 Å². The fraction of sp³-hybridized carbons (Fsp3) is 0. The molecule has 3 aromatic carbocycles. The number of aromatic amines is 1. The third-order valence-corrected chi connectivity index (χ3v) is 4.85. The third-order valence-electron chi connectivity index (χ3n) is 4.85. The van der Waals surface area contributed by atoms with E-state index in [9.17, 15) is 4.79 Å². The van der Waals surface area contributed by atoms with Gasteiger partial charge in [-0.15, -0.1) is 0 Å². The van der Waals surface area contributed by atoms with Gasteiger partial charge < -0.3 is 15.1 Å². The fourth-order valence-corrected chi connectivity index (χ4v) is 3.36. The van der Waals surface area contributed by atoms with Crippen LogP contribution in [0.15, 0.2) is 82.0 Å². The van der Waals surface area contributed by atoms with E-state index in [4.69, 9.17) is 15.6 Å². The molecule has 0 aliphatic heterocycles. The topological polar surface area (TPSA) is 109 Å². The third kappa shape index (κ3) is 2.96. The van der Waals surface area contributed by atoms with E-state index < -0.39 is 0 Å². The molecule has 2 aromatic heterocycles. The van der Waals surface area contributed by atoms with Crippen LogP contribution >= 0.6 is 0 Å². The molecule has 0 bridgehead atoms. The Labute approximate surface area is 165 Å². The molecule has 0 saturated carbocycles. The molecule has 2 heterocycles. The molecule has 140 valence electrons. The van der Waals surface area contributed by atoms with E-state index in [1.807, 2.05) is 48.5 Å². The average molecular weight is 380 g/mol. The first-order valence-electron chi connectivity index (χ1n) is 9.06. The first-order chi connectivity index (χ1) is 14.1. The first-order valence-corrected chi connectivity index (χ1v) is 9.06. The highest BCUT2D eigenvalue weighted by molar-refractivity contribution is 5.98. The normalized spacial score (nSPS) is 11.2. The van der Waals surface area contributed by atoms with Crippen molar-refractivity contribution in [1.82, 2.24) is 9.97 Å². The zero-order chi connectivity index (χ0) is 20.0. The Bertz CT molecular complexity index is 1450. The second kappa shape index (κ2) is 6.45. The Kier molecular flexibility index (Phi) is 3.77. The molecule has 6 nitrogen and oxygen atoms in total. The number of aromatic nitrogens is 2. The molecular formula is C23H16N4O2. The highest BCUT2D eigenvalue weighted by atomic mass is 16.3. The van der Waals surface area contributed by atoms with Crippen molar-refractivity contribution in [2.24, 2.45) is 5.73 Å². The van der Waals surface area contributed by atoms with Gasteiger partial charge >= 0.3 is 0 Å². The fourth-order valence-electron chi connectivity index (χ4n) is 3.36. The van der Waals surface area contributed by atoms with Gasteiger partial charge in [0.05, 0.1) is 16.4 Å². The van der Waals surface area contributed by atoms with Gasteiger partial charge in [-0.3, -0.25) is 10.2 Å². The molecule has 0 saturated heterocycles. The second-order valence-electron chi connectivity index (χ2n) is 6.78. The summed E-state index contributed by atoms with van der Waals surface area (Å²) in [6.07, 6.45) is 0. The zero-order valence-corrected chi connectivity index (χ0v) is 15.3. The van der Waals surface area contributed by atoms with Gasteiger partial charge in [-0.05, 0) is 30.3 Å². The monoisotopic (exact) mass is 380 g/mol. The van der Waals surface area contributed by atoms with Gasteiger partial charge in [0.15, 0.2) is 5.43 Å². The highest BCUT2D eigenvalue weighted by Crippen LogP contribution is 2.27. The van der Waals surface area contributed by atoms with E-state index in [0.717, 1.165) is 16.6 Å². The van der Waals surface area contributed by atoms with Gasteiger partial charge in [0.25, 0.3) is 0 Å². The Morgan fingerprint density at radius 1 is 0.966 bits per heavy atom. The number of nitrogen functional groups attached to an aromatic ring is 1. The lowest BCUT2D eigenvalue weighted by Crippen LogP contribution is -2.10. The molecule has 4 N–H and O–H groups in total. The van der Waals surface area contributed by atoms with Gasteiger partial charge in [-0.2, -0.15) is 0 Å². The number of imidazole rings is 1. The summed E-state index contributed by atoms with van der Waals surface area (Å²) >= 11 is 0. The summed E-state index contributed by atoms with van der Waals surface area (Å²) in [5.74, 6) is 1.17. The van der Waals surface area contributed by atoms with Crippen LogP contribution in [0.2, 0.25) is 0 Å². The maximum atomic E-state index is 12.5. The molecule has 0 fully saturated rings. The number of benzene rings is 3. The van der Waals surface area contributed by atoms with Crippen LogP contribution in [0, 0.1) is 5.41 Å². The van der Waals surface area contributed by atoms with E-state index in [-0.39, 0.29) is 11.3 Å². The van der Waals surface area contributed by atoms with Crippen molar-refractivity contribution in [3.8, 4) is 22.7 Å². The number of fused-ring (bicyclic) bond motifs is 2. The molecule has 0 aliphatic carbocycles. The van der Waals surface area contributed by atoms with Crippen molar-refractivity contribution in [3.63, 3.8) is 0 Å². The maximum absolute atomic E-state index is 12.5. The molecule has 29 heavy (non-hydrogen) atoms. The predicted molar refractivity (Wildman–Crippen MR) is 114 cm³/mol.